The zero-order chi connectivity index (χ0) is 17.7. The van der Waals surface area contributed by atoms with Gasteiger partial charge in [0.15, 0.2) is 5.75 Å². The number of carboxylic acid groups (broad SMARTS) is 1. The molecular weight excluding hydrogens is 308 g/mol. The lowest BCUT2D eigenvalue weighted by Gasteiger charge is -2.24. The number of hydrogen-bond donors (Lipinski definition) is 2. The van der Waals surface area contributed by atoms with E-state index in [1.54, 1.807) is 6.07 Å². The summed E-state index contributed by atoms with van der Waals surface area (Å²) < 4.78 is 5.18. The topological polar surface area (TPSA) is 82.6 Å². The molecule has 0 fully saturated rings. The summed E-state index contributed by atoms with van der Waals surface area (Å²) in [5, 5.41) is 9.65. The van der Waals surface area contributed by atoms with E-state index in [1.165, 1.54) is 0 Å². The number of aliphatic carboxylic acids is 1. The average Bonchev–Trinajstić information content (AvgIpc) is 2.91. The maximum absolute atomic E-state index is 11.6. The van der Waals surface area contributed by atoms with Crippen LogP contribution in [-0.2, 0) is 16.0 Å². The van der Waals surface area contributed by atoms with Crippen LogP contribution in [0.2, 0.25) is 0 Å². The van der Waals surface area contributed by atoms with Crippen molar-refractivity contribution in [1.82, 2.24) is 9.88 Å². The molecule has 0 aliphatic carbocycles. The van der Waals surface area contributed by atoms with Gasteiger partial charge in [0.05, 0.1) is 5.52 Å². The highest BCUT2D eigenvalue weighted by Crippen LogP contribution is 2.28. The summed E-state index contributed by atoms with van der Waals surface area (Å²) in [6, 6.07) is 5.94. The first-order valence-electron chi connectivity index (χ1n) is 8.17. The summed E-state index contributed by atoms with van der Waals surface area (Å²) in [6.07, 6.45) is 2.16. The number of carboxylic acids is 1. The molecule has 130 valence electrons. The Labute approximate surface area is 141 Å². The van der Waals surface area contributed by atoms with Gasteiger partial charge in [0.1, 0.15) is 6.42 Å². The van der Waals surface area contributed by atoms with Gasteiger partial charge >= 0.3 is 11.9 Å². The van der Waals surface area contributed by atoms with Gasteiger partial charge in [0, 0.05) is 24.2 Å². The lowest BCUT2D eigenvalue weighted by atomic mass is 10.1. The SMILES string of the molecule is CCN(CCc1c[nH]c2c(OC(=O)CC(=O)O)cccc12)C(C)C. The molecule has 1 aromatic carbocycles. The molecule has 6 nitrogen and oxygen atoms in total. The Hall–Kier alpha value is -2.34. The molecule has 24 heavy (non-hydrogen) atoms. The van der Waals surface area contributed by atoms with Crippen molar-refractivity contribution in [3.05, 3.63) is 30.0 Å². The van der Waals surface area contributed by atoms with E-state index in [0.717, 1.165) is 36.0 Å². The quantitative estimate of drug-likeness (QED) is 0.441. The zero-order valence-corrected chi connectivity index (χ0v) is 14.3. The van der Waals surface area contributed by atoms with Gasteiger partial charge in [0.2, 0.25) is 0 Å². The number of hydrogen-bond acceptors (Lipinski definition) is 4. The first kappa shape index (κ1) is 18.0. The number of carbonyl (C=O) groups is 2. The maximum Gasteiger partial charge on any atom is 0.322 e. The van der Waals surface area contributed by atoms with Crippen molar-refractivity contribution in [1.29, 1.82) is 0 Å². The van der Waals surface area contributed by atoms with Gasteiger partial charge < -0.3 is 19.7 Å². The Morgan fingerprint density at radius 1 is 1.33 bits per heavy atom. The van der Waals surface area contributed by atoms with Crippen molar-refractivity contribution in [2.45, 2.75) is 39.7 Å². The fraction of sp³-hybridized carbons (Fsp3) is 0.444. The van der Waals surface area contributed by atoms with E-state index in [0.29, 0.717) is 11.8 Å². The molecule has 0 radical (unpaired) electrons. The monoisotopic (exact) mass is 332 g/mol. The van der Waals surface area contributed by atoms with E-state index < -0.39 is 18.4 Å². The fourth-order valence-electron chi connectivity index (χ4n) is 2.80. The summed E-state index contributed by atoms with van der Waals surface area (Å²) >= 11 is 0. The highest BCUT2D eigenvalue weighted by atomic mass is 16.5. The predicted octanol–water partition coefficient (Wildman–Crippen LogP) is 2.82. The molecular formula is C18H24N2O4. The second kappa shape index (κ2) is 7.97. The lowest BCUT2D eigenvalue weighted by molar-refractivity contribution is -0.145. The van der Waals surface area contributed by atoms with E-state index in [4.69, 9.17) is 9.84 Å². The molecule has 6 heteroatoms. The predicted molar refractivity (Wildman–Crippen MR) is 92.3 cm³/mol. The van der Waals surface area contributed by atoms with Crippen molar-refractivity contribution < 1.29 is 19.4 Å². The number of aromatic amines is 1. The molecule has 0 saturated heterocycles. The van der Waals surface area contributed by atoms with Crippen molar-refractivity contribution in [3.8, 4) is 5.75 Å². The third kappa shape index (κ3) is 4.35. The highest BCUT2D eigenvalue weighted by molar-refractivity contribution is 5.94. The Morgan fingerprint density at radius 3 is 2.71 bits per heavy atom. The summed E-state index contributed by atoms with van der Waals surface area (Å²) in [6.45, 7) is 8.45. The van der Waals surface area contributed by atoms with E-state index in [-0.39, 0.29) is 0 Å². The third-order valence-corrected chi connectivity index (χ3v) is 4.09. The number of fused-ring (bicyclic) bond motifs is 1. The first-order chi connectivity index (χ1) is 11.4. The summed E-state index contributed by atoms with van der Waals surface area (Å²) in [5.74, 6) is -1.61. The van der Waals surface area contributed by atoms with E-state index in [1.807, 2.05) is 18.3 Å². The number of rotatable bonds is 8. The minimum Gasteiger partial charge on any atom is -0.481 e. The van der Waals surface area contributed by atoms with Crippen LogP contribution < -0.4 is 4.74 Å². The van der Waals surface area contributed by atoms with Gasteiger partial charge in [0.25, 0.3) is 0 Å². The molecule has 0 aliphatic rings. The smallest absolute Gasteiger partial charge is 0.322 e. The third-order valence-electron chi connectivity index (χ3n) is 4.09. The molecule has 0 bridgehead atoms. The lowest BCUT2D eigenvalue weighted by Crippen LogP contribution is -2.32. The van der Waals surface area contributed by atoms with Gasteiger partial charge in [-0.2, -0.15) is 0 Å². The molecule has 2 N–H and O–H groups in total. The van der Waals surface area contributed by atoms with Crippen LogP contribution in [0.3, 0.4) is 0 Å². The normalized spacial score (nSPS) is 11.4. The Kier molecular flexibility index (Phi) is 5.98. The minimum atomic E-state index is -1.20. The number of para-hydroxylation sites is 1. The van der Waals surface area contributed by atoms with Crippen LogP contribution in [0.15, 0.2) is 24.4 Å². The van der Waals surface area contributed by atoms with Crippen LogP contribution in [-0.4, -0.2) is 46.1 Å². The number of nitrogens with one attached hydrogen (secondary N) is 1. The van der Waals surface area contributed by atoms with Gasteiger partial charge in [-0.15, -0.1) is 0 Å². The number of aromatic nitrogens is 1. The molecule has 0 spiro atoms. The Balaban J connectivity index is 2.16. The van der Waals surface area contributed by atoms with Gasteiger partial charge in [-0.1, -0.05) is 19.1 Å². The first-order valence-corrected chi connectivity index (χ1v) is 8.17. The standard InChI is InChI=1S/C18H24N2O4/c1-4-20(12(2)3)9-8-13-11-19-18-14(13)6-5-7-15(18)24-17(23)10-16(21)22/h5-7,11-12,19H,4,8-10H2,1-3H3,(H,21,22). The molecule has 0 amide bonds. The molecule has 1 heterocycles. The average molecular weight is 332 g/mol. The van der Waals surface area contributed by atoms with E-state index in [2.05, 4.69) is 30.7 Å². The Bertz CT molecular complexity index is 721. The minimum absolute atomic E-state index is 0.362. The number of benzene rings is 1. The van der Waals surface area contributed by atoms with Gasteiger partial charge in [-0.25, -0.2) is 0 Å². The second-order valence-electron chi connectivity index (χ2n) is 6.01. The summed E-state index contributed by atoms with van der Waals surface area (Å²) in [4.78, 5) is 27.7. The van der Waals surface area contributed by atoms with Crippen LogP contribution >= 0.6 is 0 Å². The summed E-state index contributed by atoms with van der Waals surface area (Å²) in [7, 11) is 0. The van der Waals surface area contributed by atoms with Crippen molar-refractivity contribution in [2.75, 3.05) is 13.1 Å². The number of carbonyl (C=O) groups excluding carboxylic acids is 1. The van der Waals surface area contributed by atoms with Crippen LogP contribution in [0.25, 0.3) is 10.9 Å². The largest absolute Gasteiger partial charge is 0.481 e. The Morgan fingerprint density at radius 2 is 2.08 bits per heavy atom. The molecule has 2 rings (SSSR count). The number of esters is 1. The number of ether oxygens (including phenoxy) is 1. The highest BCUT2D eigenvalue weighted by Gasteiger charge is 2.15. The summed E-state index contributed by atoms with van der Waals surface area (Å²) in [5.41, 5.74) is 1.87. The van der Waals surface area contributed by atoms with Gasteiger partial charge in [-0.3, -0.25) is 9.59 Å². The van der Waals surface area contributed by atoms with Crippen LogP contribution in [0, 0.1) is 0 Å². The van der Waals surface area contributed by atoms with Crippen molar-refractivity contribution in [3.63, 3.8) is 0 Å². The zero-order valence-electron chi connectivity index (χ0n) is 14.3. The second-order valence-corrected chi connectivity index (χ2v) is 6.01. The maximum atomic E-state index is 11.6. The van der Waals surface area contributed by atoms with Crippen LogP contribution in [0.4, 0.5) is 0 Å². The molecule has 0 aliphatic heterocycles. The van der Waals surface area contributed by atoms with Gasteiger partial charge in [-0.05, 0) is 38.4 Å². The van der Waals surface area contributed by atoms with Crippen LogP contribution in [0.1, 0.15) is 32.8 Å². The number of H-pyrrole nitrogens is 1. The fourth-order valence-corrected chi connectivity index (χ4v) is 2.80. The molecule has 2 aromatic rings. The number of nitrogens with zero attached hydrogens (tertiary/aromatic N) is 1. The van der Waals surface area contributed by atoms with Crippen LogP contribution in [0.5, 0.6) is 5.75 Å². The van der Waals surface area contributed by atoms with Crippen molar-refractivity contribution >= 4 is 22.8 Å². The number of likely N-dealkylation sites (N-methyl/N-ethyl adjacent to an activating group) is 1. The molecule has 0 unspecified atom stereocenters. The van der Waals surface area contributed by atoms with E-state index in [9.17, 15) is 9.59 Å². The molecule has 1 aromatic heterocycles. The molecule has 0 atom stereocenters. The van der Waals surface area contributed by atoms with Crippen molar-refractivity contribution in [2.24, 2.45) is 0 Å². The van der Waals surface area contributed by atoms with E-state index >= 15 is 0 Å². The molecule has 0 saturated carbocycles.